The molecule has 0 spiro atoms. The molecule has 1 aromatic carbocycles. The minimum Gasteiger partial charge on any atom is -0.459 e. The summed E-state index contributed by atoms with van der Waals surface area (Å²) >= 11 is 0. The normalized spacial score (nSPS) is 22.7. The molecule has 0 aromatic heterocycles. The number of allylic oxidation sites excluding steroid dienone is 1. The van der Waals surface area contributed by atoms with Crippen molar-refractivity contribution in [1.82, 2.24) is 5.32 Å². The van der Waals surface area contributed by atoms with Gasteiger partial charge in [-0.2, -0.15) is 13.2 Å². The van der Waals surface area contributed by atoms with Crippen LogP contribution < -0.4 is 5.32 Å². The number of amides is 1. The first-order valence-corrected chi connectivity index (χ1v) is 8.82. The molecule has 1 aliphatic heterocycles. The number of nitrogens with one attached hydrogen (secondary N) is 1. The number of likely N-dealkylation sites (N-methyl/N-ethyl adjacent to an activating group) is 1. The van der Waals surface area contributed by atoms with Crippen LogP contribution in [-0.2, 0) is 20.4 Å². The molecular formula is C19H24F3NO4. The number of rotatable bonds is 7. The Morgan fingerprint density at radius 1 is 1.30 bits per heavy atom. The molecule has 2 N–H and O–H groups in total. The van der Waals surface area contributed by atoms with Gasteiger partial charge in [0.25, 0.3) is 5.91 Å². The van der Waals surface area contributed by atoms with Gasteiger partial charge in [-0.15, -0.1) is 0 Å². The predicted octanol–water partition coefficient (Wildman–Crippen LogP) is 3.20. The highest BCUT2D eigenvalue weighted by molar-refractivity contribution is 5.91. The van der Waals surface area contributed by atoms with Crippen LogP contribution in [0.1, 0.15) is 36.8 Å². The summed E-state index contributed by atoms with van der Waals surface area (Å²) in [5, 5.41) is 11.7. The number of halogens is 3. The number of carbonyl (C=O) groups is 1. The van der Waals surface area contributed by atoms with E-state index in [1.807, 2.05) is 0 Å². The summed E-state index contributed by atoms with van der Waals surface area (Å²) in [4.78, 5) is 12.1. The van der Waals surface area contributed by atoms with Crippen LogP contribution in [0.4, 0.5) is 13.2 Å². The molecule has 0 aliphatic carbocycles. The molecule has 0 saturated heterocycles. The topological polar surface area (TPSA) is 67.8 Å². The van der Waals surface area contributed by atoms with E-state index >= 15 is 0 Å². The molecule has 5 nitrogen and oxygen atoms in total. The van der Waals surface area contributed by atoms with Gasteiger partial charge in [0.05, 0.1) is 5.56 Å². The summed E-state index contributed by atoms with van der Waals surface area (Å²) in [7, 11) is 1.47. The van der Waals surface area contributed by atoms with Crippen molar-refractivity contribution in [2.24, 2.45) is 5.92 Å². The Hall–Kier alpha value is -2.06. The summed E-state index contributed by atoms with van der Waals surface area (Å²) in [6.07, 6.45) is -2.52. The second kappa shape index (κ2) is 9.23. The summed E-state index contributed by atoms with van der Waals surface area (Å²) in [6, 6.07) is 4.87. The first-order valence-electron chi connectivity index (χ1n) is 8.82. The molecule has 0 bridgehead atoms. The standard InChI is InChI=1S/C19H24F3NO4/c1-3-26-18-14(5-4-10-24)15(11-16(27-18)17(25)23-2)12-6-8-13(9-7-12)19(20,21)22/h6-9,11,14-15,18,24H,3-5,10H2,1-2H3,(H,23,25)/t14-,15-,18-/m1/s1. The van der Waals surface area contributed by atoms with Crippen molar-refractivity contribution in [3.05, 3.63) is 47.2 Å². The lowest BCUT2D eigenvalue weighted by molar-refractivity contribution is -0.166. The van der Waals surface area contributed by atoms with Crippen molar-refractivity contribution in [3.8, 4) is 0 Å². The molecule has 1 amide bonds. The molecule has 1 aromatic rings. The van der Waals surface area contributed by atoms with E-state index in [-0.39, 0.29) is 24.2 Å². The van der Waals surface area contributed by atoms with Gasteiger partial charge in [0, 0.05) is 32.1 Å². The van der Waals surface area contributed by atoms with Gasteiger partial charge in [0.2, 0.25) is 6.29 Å². The van der Waals surface area contributed by atoms with Crippen LogP contribution in [0.15, 0.2) is 36.1 Å². The Morgan fingerprint density at radius 2 is 1.96 bits per heavy atom. The third-order valence-electron chi connectivity index (χ3n) is 4.49. The van der Waals surface area contributed by atoms with E-state index in [0.717, 1.165) is 12.1 Å². The van der Waals surface area contributed by atoms with Crippen LogP contribution in [0, 0.1) is 5.92 Å². The first-order chi connectivity index (χ1) is 12.8. The van der Waals surface area contributed by atoms with Crippen molar-refractivity contribution in [1.29, 1.82) is 0 Å². The number of hydrogen-bond acceptors (Lipinski definition) is 4. The van der Waals surface area contributed by atoms with E-state index in [9.17, 15) is 23.1 Å². The number of aliphatic hydroxyl groups excluding tert-OH is 1. The fourth-order valence-corrected chi connectivity index (χ4v) is 3.16. The lowest BCUT2D eigenvalue weighted by Gasteiger charge is -2.37. The third kappa shape index (κ3) is 5.23. The Bertz CT molecular complexity index is 658. The quantitative estimate of drug-likeness (QED) is 0.754. The molecule has 8 heteroatoms. The SMILES string of the molecule is CCO[C@@H]1OC(C(=O)NC)=C[C@H](c2ccc(C(F)(F)F)cc2)[C@H]1CCCO. The summed E-state index contributed by atoms with van der Waals surface area (Å²) < 4.78 is 49.9. The molecule has 2 rings (SSSR count). The molecule has 27 heavy (non-hydrogen) atoms. The molecular weight excluding hydrogens is 363 g/mol. The van der Waals surface area contributed by atoms with Crippen LogP contribution in [-0.4, -0.2) is 37.6 Å². The van der Waals surface area contributed by atoms with Crippen LogP contribution in [0.5, 0.6) is 0 Å². The third-order valence-corrected chi connectivity index (χ3v) is 4.49. The maximum atomic E-state index is 12.8. The number of carbonyl (C=O) groups excluding carboxylic acids is 1. The van der Waals surface area contributed by atoms with Crippen molar-refractivity contribution in [2.45, 2.75) is 38.1 Å². The molecule has 0 fully saturated rings. The zero-order chi connectivity index (χ0) is 20.0. The van der Waals surface area contributed by atoms with Crippen LogP contribution >= 0.6 is 0 Å². The number of benzene rings is 1. The summed E-state index contributed by atoms with van der Waals surface area (Å²) in [5.74, 6) is -0.989. The number of hydrogen-bond donors (Lipinski definition) is 2. The number of aliphatic hydroxyl groups is 1. The smallest absolute Gasteiger partial charge is 0.416 e. The van der Waals surface area contributed by atoms with Gasteiger partial charge in [-0.1, -0.05) is 12.1 Å². The average molecular weight is 387 g/mol. The molecule has 150 valence electrons. The van der Waals surface area contributed by atoms with Gasteiger partial charge in [-0.25, -0.2) is 0 Å². The minimum atomic E-state index is -4.42. The van der Waals surface area contributed by atoms with E-state index in [1.165, 1.54) is 19.2 Å². The van der Waals surface area contributed by atoms with Crippen molar-refractivity contribution in [2.75, 3.05) is 20.3 Å². The number of ether oxygens (including phenoxy) is 2. The zero-order valence-corrected chi connectivity index (χ0v) is 15.3. The van der Waals surface area contributed by atoms with Gasteiger partial charge < -0.3 is 19.9 Å². The summed E-state index contributed by atoms with van der Waals surface area (Å²) in [6.45, 7) is 2.11. The van der Waals surface area contributed by atoms with Crippen LogP contribution in [0.25, 0.3) is 0 Å². The fourth-order valence-electron chi connectivity index (χ4n) is 3.16. The second-order valence-electron chi connectivity index (χ2n) is 6.23. The van der Waals surface area contributed by atoms with E-state index in [2.05, 4.69) is 5.32 Å². The van der Waals surface area contributed by atoms with Gasteiger partial charge in [0.15, 0.2) is 5.76 Å². The molecule has 0 saturated carbocycles. The molecule has 1 heterocycles. The molecule has 1 aliphatic rings. The average Bonchev–Trinajstić information content (AvgIpc) is 2.65. The predicted molar refractivity (Wildman–Crippen MR) is 92.6 cm³/mol. The van der Waals surface area contributed by atoms with E-state index in [1.54, 1.807) is 13.0 Å². The lowest BCUT2D eigenvalue weighted by Crippen LogP contribution is -2.38. The largest absolute Gasteiger partial charge is 0.459 e. The van der Waals surface area contributed by atoms with Crippen LogP contribution in [0.2, 0.25) is 0 Å². The monoisotopic (exact) mass is 387 g/mol. The van der Waals surface area contributed by atoms with Crippen molar-refractivity contribution >= 4 is 5.91 Å². The van der Waals surface area contributed by atoms with E-state index < -0.39 is 23.9 Å². The van der Waals surface area contributed by atoms with Gasteiger partial charge in [0.1, 0.15) is 0 Å². The first kappa shape index (κ1) is 21.2. The lowest BCUT2D eigenvalue weighted by atomic mass is 9.80. The maximum absolute atomic E-state index is 12.8. The molecule has 0 radical (unpaired) electrons. The Labute approximate surface area is 156 Å². The Morgan fingerprint density at radius 3 is 2.48 bits per heavy atom. The van der Waals surface area contributed by atoms with Crippen molar-refractivity contribution < 1.29 is 32.5 Å². The van der Waals surface area contributed by atoms with Gasteiger partial charge >= 0.3 is 6.18 Å². The minimum absolute atomic E-state index is 0.0267. The maximum Gasteiger partial charge on any atom is 0.416 e. The highest BCUT2D eigenvalue weighted by Gasteiger charge is 2.38. The van der Waals surface area contributed by atoms with Gasteiger partial charge in [-0.3, -0.25) is 4.79 Å². The zero-order valence-electron chi connectivity index (χ0n) is 15.3. The molecule has 0 unspecified atom stereocenters. The molecule has 3 atom stereocenters. The van der Waals surface area contributed by atoms with E-state index in [0.29, 0.717) is 25.0 Å². The second-order valence-corrected chi connectivity index (χ2v) is 6.23. The van der Waals surface area contributed by atoms with Crippen LogP contribution in [0.3, 0.4) is 0 Å². The summed E-state index contributed by atoms with van der Waals surface area (Å²) in [5.41, 5.74) is -0.109. The van der Waals surface area contributed by atoms with Crippen molar-refractivity contribution in [3.63, 3.8) is 0 Å². The number of alkyl halides is 3. The van der Waals surface area contributed by atoms with E-state index in [4.69, 9.17) is 9.47 Å². The highest BCUT2D eigenvalue weighted by atomic mass is 19.4. The Kier molecular flexibility index (Phi) is 7.26. The van der Waals surface area contributed by atoms with Gasteiger partial charge in [-0.05, 0) is 43.5 Å². The fraction of sp³-hybridized carbons (Fsp3) is 0.526. The Balaban J connectivity index is 2.42. The highest BCUT2D eigenvalue weighted by Crippen LogP contribution is 2.40.